The van der Waals surface area contributed by atoms with E-state index in [0.29, 0.717) is 11.4 Å². The van der Waals surface area contributed by atoms with Gasteiger partial charge in [-0.2, -0.15) is 0 Å². The highest BCUT2D eigenvalue weighted by molar-refractivity contribution is 9.10. The topological polar surface area (TPSA) is 92.8 Å². The van der Waals surface area contributed by atoms with Gasteiger partial charge in [-0.3, -0.25) is 14.4 Å². The van der Waals surface area contributed by atoms with Crippen molar-refractivity contribution in [2.45, 2.75) is 13.3 Å². The fraction of sp³-hybridized carbons (Fsp3) is 0.280. The van der Waals surface area contributed by atoms with E-state index in [4.69, 9.17) is 4.74 Å². The molecule has 33 heavy (non-hydrogen) atoms. The fourth-order valence-electron chi connectivity index (χ4n) is 5.25. The number of hydrogen-bond acceptors (Lipinski definition) is 5. The Kier molecular flexibility index (Phi) is 5.40. The number of benzene rings is 2. The molecule has 1 N–H and O–H groups in total. The van der Waals surface area contributed by atoms with Gasteiger partial charge in [0, 0.05) is 10.2 Å². The van der Waals surface area contributed by atoms with Crippen molar-refractivity contribution in [3.8, 4) is 0 Å². The van der Waals surface area contributed by atoms with Gasteiger partial charge in [0.15, 0.2) is 6.61 Å². The second kappa shape index (κ2) is 8.26. The lowest BCUT2D eigenvalue weighted by atomic mass is 9.82. The summed E-state index contributed by atoms with van der Waals surface area (Å²) in [6.07, 6.45) is 2.98. The molecule has 1 aliphatic heterocycles. The van der Waals surface area contributed by atoms with Crippen LogP contribution in [0.15, 0.2) is 64.7 Å². The average Bonchev–Trinajstić information content (AvgIpc) is 3.44. The molecular formula is C25H21BrN2O5. The summed E-state index contributed by atoms with van der Waals surface area (Å²) in [4.78, 5) is 52.0. The Bertz CT molecular complexity index is 1210. The fourth-order valence-corrected chi connectivity index (χ4v) is 5.51. The highest BCUT2D eigenvalue weighted by atomic mass is 79.9. The Morgan fingerprint density at radius 1 is 1.09 bits per heavy atom. The lowest BCUT2D eigenvalue weighted by Gasteiger charge is -2.19. The minimum absolute atomic E-state index is 0.110. The molecule has 4 atom stereocenters. The van der Waals surface area contributed by atoms with Crippen molar-refractivity contribution in [3.05, 3.63) is 70.2 Å². The second-order valence-corrected chi connectivity index (χ2v) is 9.58. The van der Waals surface area contributed by atoms with Gasteiger partial charge in [-0.1, -0.05) is 33.6 Å². The van der Waals surface area contributed by atoms with Crippen molar-refractivity contribution in [2.24, 2.45) is 23.7 Å². The predicted octanol–water partition coefficient (Wildman–Crippen LogP) is 3.95. The summed E-state index contributed by atoms with van der Waals surface area (Å²) in [5, 5.41) is 2.64. The number of hydrogen-bond donors (Lipinski definition) is 1. The summed E-state index contributed by atoms with van der Waals surface area (Å²) in [6, 6.07) is 13.2. The Morgan fingerprint density at radius 2 is 1.82 bits per heavy atom. The Hall–Kier alpha value is -3.26. The Morgan fingerprint density at radius 3 is 2.58 bits per heavy atom. The summed E-state index contributed by atoms with van der Waals surface area (Å²) < 4.78 is 6.01. The lowest BCUT2D eigenvalue weighted by molar-refractivity contribution is -0.123. The number of amides is 3. The molecule has 0 unspecified atom stereocenters. The van der Waals surface area contributed by atoms with Crippen LogP contribution in [-0.4, -0.2) is 30.3 Å². The maximum atomic E-state index is 13.1. The number of fused-ring (bicyclic) bond motifs is 5. The van der Waals surface area contributed by atoms with Crippen LogP contribution in [0.1, 0.15) is 23.7 Å². The molecule has 1 saturated heterocycles. The number of carbonyl (C=O) groups is 4. The minimum Gasteiger partial charge on any atom is -0.452 e. The van der Waals surface area contributed by atoms with Gasteiger partial charge < -0.3 is 10.1 Å². The van der Waals surface area contributed by atoms with E-state index in [1.807, 2.05) is 6.92 Å². The predicted molar refractivity (Wildman–Crippen MR) is 124 cm³/mol. The molecular weight excluding hydrogens is 488 g/mol. The Balaban J connectivity index is 1.25. The highest BCUT2D eigenvalue weighted by Gasteiger charge is 2.60. The van der Waals surface area contributed by atoms with E-state index in [9.17, 15) is 19.2 Å². The van der Waals surface area contributed by atoms with Gasteiger partial charge in [-0.15, -0.1) is 0 Å². The highest BCUT2D eigenvalue weighted by Crippen LogP contribution is 2.55. The zero-order chi connectivity index (χ0) is 23.3. The standard InChI is InChI=1S/C25H21BrN2O5/c1-13-9-15-11-19(13)22-21(15)23(30)28(24(22)31)18-4-2-3-14(10-18)25(32)33-12-20(29)27-17-7-5-16(26)6-8-17/h2-10,15,19,21-22H,11-12H2,1H3,(H,27,29)/t15-,19+,21+,22+/m0/s1. The number of allylic oxidation sites excluding steroid dienone is 2. The summed E-state index contributed by atoms with van der Waals surface area (Å²) >= 11 is 3.32. The lowest BCUT2D eigenvalue weighted by Crippen LogP contribution is -2.33. The number of imide groups is 1. The molecule has 0 aromatic heterocycles. The Labute approximate surface area is 198 Å². The molecule has 0 spiro atoms. The number of esters is 1. The number of rotatable bonds is 5. The molecule has 1 heterocycles. The molecule has 2 aromatic rings. The quantitative estimate of drug-likeness (QED) is 0.375. The van der Waals surface area contributed by atoms with E-state index >= 15 is 0 Å². The number of anilines is 2. The van der Waals surface area contributed by atoms with E-state index in [2.05, 4.69) is 27.3 Å². The van der Waals surface area contributed by atoms with Crippen LogP contribution in [0.3, 0.4) is 0 Å². The number of nitrogens with one attached hydrogen (secondary N) is 1. The van der Waals surface area contributed by atoms with E-state index in [-0.39, 0.29) is 41.0 Å². The number of ether oxygens (including phenoxy) is 1. The van der Waals surface area contributed by atoms with Crippen LogP contribution < -0.4 is 10.2 Å². The average molecular weight is 509 g/mol. The summed E-state index contributed by atoms with van der Waals surface area (Å²) in [5.41, 5.74) is 2.28. The zero-order valence-corrected chi connectivity index (χ0v) is 19.4. The molecule has 2 bridgehead atoms. The summed E-state index contributed by atoms with van der Waals surface area (Å²) in [7, 11) is 0. The van der Waals surface area contributed by atoms with Crippen LogP contribution in [0.2, 0.25) is 0 Å². The van der Waals surface area contributed by atoms with E-state index < -0.39 is 18.5 Å². The third-order valence-corrected chi connectivity index (χ3v) is 7.21. The second-order valence-electron chi connectivity index (χ2n) is 8.66. The van der Waals surface area contributed by atoms with Crippen LogP contribution in [0, 0.1) is 23.7 Å². The van der Waals surface area contributed by atoms with Crippen LogP contribution in [0.25, 0.3) is 0 Å². The van der Waals surface area contributed by atoms with Crippen LogP contribution in [0.4, 0.5) is 11.4 Å². The van der Waals surface area contributed by atoms with Crippen molar-refractivity contribution in [3.63, 3.8) is 0 Å². The van der Waals surface area contributed by atoms with Crippen molar-refractivity contribution in [1.29, 1.82) is 0 Å². The molecule has 2 aliphatic carbocycles. The van der Waals surface area contributed by atoms with Gasteiger partial charge in [0.1, 0.15) is 0 Å². The summed E-state index contributed by atoms with van der Waals surface area (Å²) in [6.45, 7) is 1.56. The molecule has 2 aromatic carbocycles. The molecule has 3 aliphatic rings. The van der Waals surface area contributed by atoms with Crippen molar-refractivity contribution in [1.82, 2.24) is 0 Å². The SMILES string of the molecule is CC1=C[C@H]2C[C@H]1[C@H]1C(=O)N(c3cccc(C(=O)OCC(=O)Nc4ccc(Br)cc4)c3)C(=O)[C@@H]12. The van der Waals surface area contributed by atoms with Gasteiger partial charge in [-0.25, -0.2) is 9.69 Å². The molecule has 7 nitrogen and oxygen atoms in total. The first-order valence-electron chi connectivity index (χ1n) is 10.7. The molecule has 3 amide bonds. The third-order valence-electron chi connectivity index (χ3n) is 6.68. The van der Waals surface area contributed by atoms with Crippen LogP contribution >= 0.6 is 15.9 Å². The van der Waals surface area contributed by atoms with Gasteiger partial charge >= 0.3 is 5.97 Å². The largest absolute Gasteiger partial charge is 0.452 e. The molecule has 2 fully saturated rings. The van der Waals surface area contributed by atoms with Gasteiger partial charge in [-0.05, 0) is 67.6 Å². The minimum atomic E-state index is -0.709. The molecule has 8 heteroatoms. The van der Waals surface area contributed by atoms with Crippen molar-refractivity contribution < 1.29 is 23.9 Å². The first-order valence-corrected chi connectivity index (χ1v) is 11.5. The van der Waals surface area contributed by atoms with Crippen molar-refractivity contribution >= 4 is 51.0 Å². The van der Waals surface area contributed by atoms with Crippen molar-refractivity contribution in [2.75, 3.05) is 16.8 Å². The number of nitrogens with zero attached hydrogens (tertiary/aromatic N) is 1. The van der Waals surface area contributed by atoms with Crippen LogP contribution in [-0.2, 0) is 19.1 Å². The maximum Gasteiger partial charge on any atom is 0.338 e. The first-order chi connectivity index (χ1) is 15.8. The van der Waals surface area contributed by atoms with Gasteiger partial charge in [0.05, 0.1) is 23.1 Å². The molecule has 1 saturated carbocycles. The van der Waals surface area contributed by atoms with Gasteiger partial charge in [0.25, 0.3) is 5.91 Å². The molecule has 5 rings (SSSR count). The number of halogens is 1. The van der Waals surface area contributed by atoms with E-state index in [1.54, 1.807) is 36.4 Å². The van der Waals surface area contributed by atoms with E-state index in [1.165, 1.54) is 22.6 Å². The normalized spacial score (nSPS) is 25.2. The molecule has 168 valence electrons. The smallest absolute Gasteiger partial charge is 0.338 e. The summed E-state index contributed by atoms with van der Waals surface area (Å²) in [5.74, 6) is -1.99. The maximum absolute atomic E-state index is 13.1. The van der Waals surface area contributed by atoms with E-state index in [0.717, 1.165) is 10.9 Å². The van der Waals surface area contributed by atoms with Crippen LogP contribution in [0.5, 0.6) is 0 Å². The number of carbonyl (C=O) groups excluding carboxylic acids is 4. The molecule has 0 radical (unpaired) electrons. The zero-order valence-electron chi connectivity index (χ0n) is 17.8. The first kappa shape index (κ1) is 21.6. The van der Waals surface area contributed by atoms with Gasteiger partial charge in [0.2, 0.25) is 11.8 Å². The monoisotopic (exact) mass is 508 g/mol. The third kappa shape index (κ3) is 3.78.